The van der Waals surface area contributed by atoms with Gasteiger partial charge in [-0.15, -0.1) is 0 Å². The highest BCUT2D eigenvalue weighted by Gasteiger charge is 2.29. The van der Waals surface area contributed by atoms with E-state index in [1.165, 1.54) is 14.7 Å². The molecule has 0 amide bonds. The number of benzene rings is 6. The van der Waals surface area contributed by atoms with Crippen molar-refractivity contribution < 1.29 is 26.8 Å². The largest absolute Gasteiger partial charge is 1.00 e. The Labute approximate surface area is 315 Å². The average molecular weight is 749 g/mol. The van der Waals surface area contributed by atoms with E-state index in [4.69, 9.17) is 0 Å². The molecule has 0 heterocycles. The Morgan fingerprint density at radius 3 is 0.700 bits per heavy atom. The SMILES string of the molecule is CC(=O)c1ccc(Sc2ccc([S+](c3ccc(Sc4ccc(C(C)=O)cc4)cc3)c3ccc(Sc4ccc(C(C)=O)cc4)cc3)cc2)cc1.[Cl-]. The Bertz CT molecular complexity index is 1830. The Kier molecular flexibility index (Phi) is 12.9. The third-order valence-electron chi connectivity index (χ3n) is 7.67. The number of carbonyl (C=O) groups excluding carboxylic acids is 3. The van der Waals surface area contributed by atoms with Gasteiger partial charge >= 0.3 is 0 Å². The topological polar surface area (TPSA) is 51.2 Å². The molecule has 3 nitrogen and oxygen atoms in total. The lowest BCUT2D eigenvalue weighted by Crippen LogP contribution is -3.00. The molecular weight excluding hydrogens is 716 g/mol. The minimum atomic E-state index is -0.344. The van der Waals surface area contributed by atoms with Gasteiger partial charge in [0.2, 0.25) is 0 Å². The summed E-state index contributed by atoms with van der Waals surface area (Å²) in [6.07, 6.45) is 0. The molecule has 0 spiro atoms. The Hall–Kier alpha value is -3.98. The zero-order valence-electron chi connectivity index (χ0n) is 27.6. The lowest BCUT2D eigenvalue weighted by atomic mass is 10.2. The average Bonchev–Trinajstić information content (AvgIpc) is 3.11. The monoisotopic (exact) mass is 748 g/mol. The van der Waals surface area contributed by atoms with E-state index in [-0.39, 0.29) is 40.7 Å². The van der Waals surface area contributed by atoms with Crippen LogP contribution in [0.3, 0.4) is 0 Å². The summed E-state index contributed by atoms with van der Waals surface area (Å²) in [4.78, 5) is 45.4. The molecule has 8 heteroatoms. The van der Waals surface area contributed by atoms with Crippen LogP contribution in [0.5, 0.6) is 0 Å². The molecular formula is C42H33ClO3S4. The van der Waals surface area contributed by atoms with Gasteiger partial charge in [-0.1, -0.05) is 71.7 Å². The van der Waals surface area contributed by atoms with Gasteiger partial charge in [0.1, 0.15) is 0 Å². The summed E-state index contributed by atoms with van der Waals surface area (Å²) < 4.78 is 0. The van der Waals surface area contributed by atoms with Gasteiger partial charge in [-0.3, -0.25) is 14.4 Å². The van der Waals surface area contributed by atoms with Crippen molar-refractivity contribution in [3.63, 3.8) is 0 Å². The lowest BCUT2D eigenvalue weighted by molar-refractivity contribution is -0.0000329. The predicted molar refractivity (Wildman–Crippen MR) is 203 cm³/mol. The minimum absolute atomic E-state index is 0. The fourth-order valence-corrected chi connectivity index (χ4v) is 9.51. The van der Waals surface area contributed by atoms with Crippen LogP contribution in [-0.2, 0) is 10.9 Å². The summed E-state index contributed by atoms with van der Waals surface area (Å²) in [6.45, 7) is 4.75. The van der Waals surface area contributed by atoms with E-state index in [1.807, 2.05) is 72.8 Å². The van der Waals surface area contributed by atoms with Crippen LogP contribution in [0.4, 0.5) is 0 Å². The Morgan fingerprint density at radius 1 is 0.340 bits per heavy atom. The fourth-order valence-electron chi connectivity index (χ4n) is 5.02. The zero-order chi connectivity index (χ0) is 34.3. The number of hydrogen-bond donors (Lipinski definition) is 0. The van der Waals surface area contributed by atoms with Crippen molar-refractivity contribution in [2.24, 2.45) is 0 Å². The molecule has 6 rings (SSSR count). The summed E-state index contributed by atoms with van der Waals surface area (Å²) >= 11 is 5.04. The molecule has 0 N–H and O–H groups in total. The third-order valence-corrected chi connectivity index (χ3v) is 12.9. The van der Waals surface area contributed by atoms with E-state index >= 15 is 0 Å². The van der Waals surface area contributed by atoms with Gasteiger partial charge in [0.05, 0.1) is 10.9 Å². The van der Waals surface area contributed by atoms with Crippen molar-refractivity contribution in [3.8, 4) is 0 Å². The molecule has 50 heavy (non-hydrogen) atoms. The smallest absolute Gasteiger partial charge is 0.166 e. The normalized spacial score (nSPS) is 10.8. The standard InChI is InChI=1S/C42H33O3S4.ClH/c1-28(43)31-4-10-34(11-5-31)46-37-16-22-40(23-17-37)49(41-24-18-38(19-25-41)47-35-12-6-32(7-13-35)29(2)44)42-26-20-39(21-27-42)48-36-14-8-33(9-15-36)30(3)45;/h4-27H,1-3H3;1H/q+1;/p-1. The predicted octanol–water partition coefficient (Wildman–Crippen LogP) is 8.85. The Balaban J connectivity index is 0.00000486. The molecule has 0 saturated carbocycles. The lowest BCUT2D eigenvalue weighted by Gasteiger charge is -2.11. The number of carbonyl (C=O) groups is 3. The molecule has 0 aliphatic heterocycles. The number of halogens is 1. The second-order valence-corrected chi connectivity index (χ2v) is 16.7. The van der Waals surface area contributed by atoms with Gasteiger partial charge in [-0.05, 0) is 130 Å². The fraction of sp³-hybridized carbons (Fsp3) is 0.0714. The maximum absolute atomic E-state index is 11.7. The number of Topliss-reactive ketones (excluding diaryl/α,β-unsaturated/α-hetero) is 3. The van der Waals surface area contributed by atoms with Gasteiger partial charge in [0.15, 0.2) is 32.0 Å². The molecule has 0 aliphatic carbocycles. The molecule has 0 saturated heterocycles. The number of rotatable bonds is 12. The number of ketones is 3. The van der Waals surface area contributed by atoms with E-state index in [9.17, 15) is 14.4 Å². The molecule has 6 aromatic carbocycles. The zero-order valence-corrected chi connectivity index (χ0v) is 31.6. The molecule has 0 fully saturated rings. The van der Waals surface area contributed by atoms with Gasteiger partial charge < -0.3 is 12.4 Å². The maximum atomic E-state index is 11.7. The van der Waals surface area contributed by atoms with Gasteiger partial charge in [-0.25, -0.2) is 0 Å². The molecule has 0 aliphatic rings. The first-order valence-electron chi connectivity index (χ1n) is 15.6. The van der Waals surface area contributed by atoms with Crippen LogP contribution in [0.2, 0.25) is 0 Å². The van der Waals surface area contributed by atoms with Gasteiger partial charge in [0, 0.05) is 46.1 Å². The van der Waals surface area contributed by atoms with E-state index < -0.39 is 0 Å². The first-order valence-corrected chi connectivity index (χ1v) is 19.3. The van der Waals surface area contributed by atoms with Crippen LogP contribution in [-0.4, -0.2) is 17.3 Å². The summed E-state index contributed by atoms with van der Waals surface area (Å²) in [5.41, 5.74) is 2.15. The molecule has 0 radical (unpaired) electrons. The molecule has 0 bridgehead atoms. The van der Waals surface area contributed by atoms with E-state index in [2.05, 4.69) is 72.8 Å². The first kappa shape index (κ1) is 37.3. The van der Waals surface area contributed by atoms with E-state index in [0.717, 1.165) is 29.4 Å². The molecule has 250 valence electrons. The molecule has 0 atom stereocenters. The molecule has 0 unspecified atom stereocenters. The minimum Gasteiger partial charge on any atom is -1.00 e. The van der Waals surface area contributed by atoms with Crippen molar-refractivity contribution in [1.82, 2.24) is 0 Å². The Morgan fingerprint density at radius 2 is 0.520 bits per heavy atom. The summed E-state index contributed by atoms with van der Waals surface area (Å²) in [5.74, 6) is 0.202. The highest BCUT2D eigenvalue weighted by Crippen LogP contribution is 2.37. The second kappa shape index (κ2) is 17.3. The second-order valence-electron chi connectivity index (χ2n) is 11.3. The van der Waals surface area contributed by atoms with Crippen molar-refractivity contribution in [1.29, 1.82) is 0 Å². The van der Waals surface area contributed by atoms with Gasteiger partial charge in [0.25, 0.3) is 0 Å². The molecule has 6 aromatic rings. The quantitative estimate of drug-likeness (QED) is 0.0922. The van der Waals surface area contributed by atoms with Crippen LogP contribution < -0.4 is 12.4 Å². The summed E-state index contributed by atoms with van der Waals surface area (Å²) in [6, 6.07) is 49.5. The maximum Gasteiger partial charge on any atom is 0.166 e. The summed E-state index contributed by atoms with van der Waals surface area (Å²) in [7, 11) is -0.344. The summed E-state index contributed by atoms with van der Waals surface area (Å²) in [5, 5.41) is 0. The van der Waals surface area contributed by atoms with Crippen LogP contribution >= 0.6 is 35.3 Å². The number of hydrogen-bond acceptors (Lipinski definition) is 6. The van der Waals surface area contributed by atoms with Crippen LogP contribution in [0.15, 0.2) is 190 Å². The van der Waals surface area contributed by atoms with Crippen molar-refractivity contribution in [3.05, 3.63) is 162 Å². The van der Waals surface area contributed by atoms with Crippen LogP contribution in [0, 0.1) is 0 Å². The van der Waals surface area contributed by atoms with Crippen LogP contribution in [0.25, 0.3) is 0 Å². The first-order chi connectivity index (χ1) is 23.7. The molecule has 0 aromatic heterocycles. The van der Waals surface area contributed by atoms with Crippen molar-refractivity contribution in [2.75, 3.05) is 0 Å². The van der Waals surface area contributed by atoms with Crippen LogP contribution in [0.1, 0.15) is 51.8 Å². The van der Waals surface area contributed by atoms with Gasteiger partial charge in [-0.2, -0.15) is 0 Å². The highest BCUT2D eigenvalue weighted by atomic mass is 35.5. The third kappa shape index (κ3) is 9.62. The van der Waals surface area contributed by atoms with E-state index in [1.54, 1.807) is 56.1 Å². The highest BCUT2D eigenvalue weighted by molar-refractivity contribution is 8.00. The van der Waals surface area contributed by atoms with E-state index in [0.29, 0.717) is 16.7 Å². The van der Waals surface area contributed by atoms with Crippen molar-refractivity contribution >= 4 is 63.5 Å². The van der Waals surface area contributed by atoms with Crippen molar-refractivity contribution in [2.45, 2.75) is 64.8 Å².